The van der Waals surface area contributed by atoms with Crippen molar-refractivity contribution in [3.8, 4) is 5.75 Å². The van der Waals surface area contributed by atoms with Crippen LogP contribution in [0.25, 0.3) is 0 Å². The van der Waals surface area contributed by atoms with Crippen LogP contribution < -0.4 is 10.1 Å². The molecule has 0 saturated heterocycles. The highest BCUT2D eigenvalue weighted by Crippen LogP contribution is 2.21. The Balaban J connectivity index is 2.22. The minimum atomic E-state index is 0.0334. The van der Waals surface area contributed by atoms with Crippen molar-refractivity contribution in [2.45, 2.75) is 13.3 Å². The standard InChI is InChI=1S/C15H17N5O/c1-10-5-11(8-14(16)20-17)7-12(6-10)19-15-9-13(21-2)3-4-18-15/h3-7,9,16-17H,8H2,1-2H3,(H,18,19). The fraction of sp³-hybridized carbons (Fsp3) is 0.200. The number of anilines is 2. The van der Waals surface area contributed by atoms with Gasteiger partial charge in [-0.25, -0.2) is 10.5 Å². The van der Waals surface area contributed by atoms with Gasteiger partial charge in [0.05, 0.1) is 7.11 Å². The van der Waals surface area contributed by atoms with Crippen molar-refractivity contribution >= 4 is 17.3 Å². The lowest BCUT2D eigenvalue weighted by atomic mass is 10.1. The highest BCUT2D eigenvalue weighted by molar-refractivity contribution is 5.81. The number of benzene rings is 1. The van der Waals surface area contributed by atoms with E-state index in [2.05, 4.69) is 15.4 Å². The van der Waals surface area contributed by atoms with Crippen molar-refractivity contribution in [3.63, 3.8) is 0 Å². The van der Waals surface area contributed by atoms with Gasteiger partial charge in [-0.1, -0.05) is 6.07 Å². The summed E-state index contributed by atoms with van der Waals surface area (Å²) in [6, 6.07) is 9.48. The predicted octanol–water partition coefficient (Wildman–Crippen LogP) is 3.69. The van der Waals surface area contributed by atoms with Crippen LogP contribution in [-0.2, 0) is 6.42 Å². The van der Waals surface area contributed by atoms with E-state index < -0.39 is 0 Å². The molecular formula is C15H17N5O. The van der Waals surface area contributed by atoms with E-state index in [1.807, 2.05) is 31.2 Å². The van der Waals surface area contributed by atoms with Gasteiger partial charge in [0.15, 0.2) is 0 Å². The monoisotopic (exact) mass is 283 g/mol. The quantitative estimate of drug-likeness (QED) is 0.443. The molecule has 21 heavy (non-hydrogen) atoms. The van der Waals surface area contributed by atoms with E-state index in [4.69, 9.17) is 15.7 Å². The van der Waals surface area contributed by atoms with Crippen LogP contribution in [0, 0.1) is 17.9 Å². The molecule has 6 heteroatoms. The van der Waals surface area contributed by atoms with Gasteiger partial charge < -0.3 is 10.1 Å². The maximum Gasteiger partial charge on any atom is 0.147 e. The lowest BCUT2D eigenvalue weighted by Gasteiger charge is -2.10. The summed E-state index contributed by atoms with van der Waals surface area (Å²) in [5, 5.41) is 13.8. The number of hydrogen-bond donors (Lipinski definition) is 3. The van der Waals surface area contributed by atoms with E-state index in [9.17, 15) is 0 Å². The predicted molar refractivity (Wildman–Crippen MR) is 81.8 cm³/mol. The Morgan fingerprint density at radius 3 is 2.86 bits per heavy atom. The van der Waals surface area contributed by atoms with Gasteiger partial charge in [-0.3, -0.25) is 5.41 Å². The topological polar surface area (TPSA) is 94.2 Å². The molecule has 0 amide bonds. The van der Waals surface area contributed by atoms with Gasteiger partial charge in [-0.2, -0.15) is 0 Å². The molecule has 0 aliphatic rings. The third kappa shape index (κ3) is 4.10. The molecule has 0 aliphatic carbocycles. The smallest absolute Gasteiger partial charge is 0.147 e. The number of methoxy groups -OCH3 is 1. The molecule has 0 aliphatic heterocycles. The molecule has 1 heterocycles. The first kappa shape index (κ1) is 14.6. The van der Waals surface area contributed by atoms with E-state index in [1.165, 1.54) is 0 Å². The van der Waals surface area contributed by atoms with E-state index in [0.717, 1.165) is 22.6 Å². The summed E-state index contributed by atoms with van der Waals surface area (Å²) in [6.45, 7) is 1.98. The van der Waals surface area contributed by atoms with E-state index in [-0.39, 0.29) is 5.84 Å². The average molecular weight is 283 g/mol. The van der Waals surface area contributed by atoms with Crippen LogP contribution in [0.1, 0.15) is 11.1 Å². The second-order valence-corrected chi connectivity index (χ2v) is 4.65. The summed E-state index contributed by atoms with van der Waals surface area (Å²) < 4.78 is 5.17. The van der Waals surface area contributed by atoms with Crippen LogP contribution in [0.4, 0.5) is 11.5 Å². The SMILES string of the molecule is COc1ccnc(Nc2cc(C)cc(CC(=N)N=N)c2)c1. The van der Waals surface area contributed by atoms with Crippen LogP contribution in [0.3, 0.4) is 0 Å². The molecule has 6 nitrogen and oxygen atoms in total. The maximum absolute atomic E-state index is 7.49. The summed E-state index contributed by atoms with van der Waals surface area (Å²) >= 11 is 0. The van der Waals surface area contributed by atoms with Gasteiger partial charge in [0.25, 0.3) is 0 Å². The summed E-state index contributed by atoms with van der Waals surface area (Å²) in [5.74, 6) is 1.45. The van der Waals surface area contributed by atoms with Gasteiger partial charge in [-0.15, -0.1) is 5.11 Å². The molecule has 108 valence electrons. The van der Waals surface area contributed by atoms with E-state index >= 15 is 0 Å². The Hall–Kier alpha value is -2.76. The highest BCUT2D eigenvalue weighted by atomic mass is 16.5. The first-order chi connectivity index (χ1) is 10.1. The Morgan fingerprint density at radius 2 is 2.14 bits per heavy atom. The lowest BCUT2D eigenvalue weighted by Crippen LogP contribution is -2.00. The van der Waals surface area contributed by atoms with Crippen molar-refractivity contribution in [2.24, 2.45) is 5.11 Å². The number of aromatic nitrogens is 1. The molecule has 0 unspecified atom stereocenters. The number of hydrogen-bond acceptors (Lipinski definition) is 5. The molecular weight excluding hydrogens is 266 g/mol. The number of aryl methyl sites for hydroxylation is 1. The van der Waals surface area contributed by atoms with Crippen LogP contribution in [0.2, 0.25) is 0 Å². The number of ether oxygens (including phenoxy) is 1. The van der Waals surface area contributed by atoms with Crippen LogP contribution in [0.15, 0.2) is 41.6 Å². The minimum Gasteiger partial charge on any atom is -0.497 e. The zero-order valence-corrected chi connectivity index (χ0v) is 12.0. The molecule has 0 fully saturated rings. The average Bonchev–Trinajstić information content (AvgIpc) is 2.46. The molecule has 2 rings (SSSR count). The second kappa shape index (κ2) is 6.60. The number of pyridine rings is 1. The molecule has 2 aromatic rings. The van der Waals surface area contributed by atoms with Crippen LogP contribution >= 0.6 is 0 Å². The van der Waals surface area contributed by atoms with Gasteiger partial charge in [-0.05, 0) is 36.2 Å². The Kier molecular flexibility index (Phi) is 4.61. The first-order valence-corrected chi connectivity index (χ1v) is 6.43. The third-order valence-corrected chi connectivity index (χ3v) is 2.88. The number of nitrogens with one attached hydrogen (secondary N) is 3. The summed E-state index contributed by atoms with van der Waals surface area (Å²) in [7, 11) is 1.61. The molecule has 0 radical (unpaired) electrons. The second-order valence-electron chi connectivity index (χ2n) is 4.65. The van der Waals surface area contributed by atoms with Gasteiger partial charge in [0.1, 0.15) is 17.4 Å². The Bertz CT molecular complexity index is 669. The number of amidine groups is 1. The van der Waals surface area contributed by atoms with Gasteiger partial charge >= 0.3 is 0 Å². The molecule has 1 aromatic heterocycles. The van der Waals surface area contributed by atoms with Crippen LogP contribution in [0.5, 0.6) is 5.75 Å². The first-order valence-electron chi connectivity index (χ1n) is 6.43. The zero-order chi connectivity index (χ0) is 15.2. The molecule has 0 spiro atoms. The van der Waals surface area contributed by atoms with Crippen molar-refractivity contribution in [3.05, 3.63) is 47.7 Å². The van der Waals surface area contributed by atoms with Crippen molar-refractivity contribution in [1.29, 1.82) is 10.9 Å². The fourth-order valence-corrected chi connectivity index (χ4v) is 2.02. The minimum absolute atomic E-state index is 0.0334. The summed E-state index contributed by atoms with van der Waals surface area (Å²) in [6.07, 6.45) is 2.01. The van der Waals surface area contributed by atoms with E-state index in [1.54, 1.807) is 19.4 Å². The van der Waals surface area contributed by atoms with Crippen molar-refractivity contribution < 1.29 is 4.74 Å². The zero-order valence-electron chi connectivity index (χ0n) is 12.0. The van der Waals surface area contributed by atoms with E-state index in [0.29, 0.717) is 12.2 Å². The van der Waals surface area contributed by atoms with Gasteiger partial charge in [0, 0.05) is 24.4 Å². The number of nitrogens with zero attached hydrogens (tertiary/aromatic N) is 2. The Morgan fingerprint density at radius 1 is 1.33 bits per heavy atom. The van der Waals surface area contributed by atoms with Crippen molar-refractivity contribution in [1.82, 2.24) is 4.98 Å². The maximum atomic E-state index is 7.49. The molecule has 0 bridgehead atoms. The van der Waals surface area contributed by atoms with Gasteiger partial charge in [0.2, 0.25) is 0 Å². The number of rotatable bonds is 5. The molecule has 1 aromatic carbocycles. The highest BCUT2D eigenvalue weighted by Gasteiger charge is 2.04. The fourth-order valence-electron chi connectivity index (χ4n) is 2.02. The molecule has 0 saturated carbocycles. The largest absolute Gasteiger partial charge is 0.497 e. The Labute approximate surface area is 123 Å². The van der Waals surface area contributed by atoms with Crippen LogP contribution in [-0.4, -0.2) is 17.9 Å². The molecule has 0 atom stereocenters. The van der Waals surface area contributed by atoms with Crippen molar-refractivity contribution in [2.75, 3.05) is 12.4 Å². The summed E-state index contributed by atoms with van der Waals surface area (Å²) in [5.41, 5.74) is 9.73. The summed E-state index contributed by atoms with van der Waals surface area (Å²) in [4.78, 5) is 4.24. The lowest BCUT2D eigenvalue weighted by molar-refractivity contribution is 0.414. The normalized spacial score (nSPS) is 10.0. The third-order valence-electron chi connectivity index (χ3n) is 2.88. The molecule has 3 N–H and O–H groups in total.